The predicted octanol–water partition coefficient (Wildman–Crippen LogP) is 4.32. The van der Waals surface area contributed by atoms with Gasteiger partial charge in [-0.1, -0.05) is 29.4 Å². The number of halogens is 1. The van der Waals surface area contributed by atoms with Gasteiger partial charge in [0.15, 0.2) is 5.13 Å². The van der Waals surface area contributed by atoms with Crippen molar-refractivity contribution < 1.29 is 4.79 Å². The van der Waals surface area contributed by atoms with Gasteiger partial charge in [0, 0.05) is 10.9 Å². The molecule has 2 aromatic rings. The Hall–Kier alpha value is -1.13. The van der Waals surface area contributed by atoms with Gasteiger partial charge in [-0.3, -0.25) is 4.79 Å². The van der Waals surface area contributed by atoms with Crippen LogP contribution in [-0.2, 0) is 4.79 Å². The van der Waals surface area contributed by atoms with Crippen molar-refractivity contribution in [1.82, 2.24) is 4.98 Å². The predicted molar refractivity (Wildman–Crippen MR) is 82.2 cm³/mol. The lowest BCUT2D eigenvalue weighted by Gasteiger charge is -2.19. The minimum absolute atomic E-state index is 0.155. The van der Waals surface area contributed by atoms with Gasteiger partial charge in [0.1, 0.15) is 0 Å². The summed E-state index contributed by atoms with van der Waals surface area (Å²) >= 11 is 7.46. The van der Waals surface area contributed by atoms with E-state index in [9.17, 15) is 4.79 Å². The number of rotatable bonds is 2. The highest BCUT2D eigenvalue weighted by Crippen LogP contribution is 2.48. The van der Waals surface area contributed by atoms with E-state index in [-0.39, 0.29) is 11.8 Å². The number of nitrogens with one attached hydrogen (secondary N) is 1. The van der Waals surface area contributed by atoms with E-state index in [0.29, 0.717) is 16.1 Å². The van der Waals surface area contributed by atoms with E-state index in [1.54, 1.807) is 0 Å². The van der Waals surface area contributed by atoms with E-state index in [1.165, 1.54) is 30.6 Å². The topological polar surface area (TPSA) is 42.0 Å². The normalized spacial score (nSPS) is 28.1. The third-order valence-corrected chi connectivity index (χ3v) is 5.82. The minimum atomic E-state index is 0.155. The molecular weight excluding hydrogens is 292 g/mol. The lowest BCUT2D eigenvalue weighted by Crippen LogP contribution is -2.27. The molecule has 0 spiro atoms. The number of amides is 1. The number of hydrogen-bond acceptors (Lipinski definition) is 3. The van der Waals surface area contributed by atoms with Crippen LogP contribution in [0, 0.1) is 17.8 Å². The molecule has 1 amide bonds. The van der Waals surface area contributed by atoms with Gasteiger partial charge in [0.05, 0.1) is 10.2 Å². The van der Waals surface area contributed by atoms with Crippen molar-refractivity contribution in [2.75, 3.05) is 5.32 Å². The number of aromatic nitrogens is 1. The summed E-state index contributed by atoms with van der Waals surface area (Å²) in [7, 11) is 0. The van der Waals surface area contributed by atoms with E-state index in [1.807, 2.05) is 18.2 Å². The molecule has 1 aromatic carbocycles. The fourth-order valence-electron chi connectivity index (χ4n) is 3.72. The number of carbonyl (C=O) groups excluding carboxylic acids is 1. The van der Waals surface area contributed by atoms with Crippen LogP contribution in [0.1, 0.15) is 25.7 Å². The van der Waals surface area contributed by atoms with Gasteiger partial charge < -0.3 is 5.32 Å². The summed E-state index contributed by atoms with van der Waals surface area (Å²) in [6.45, 7) is 0. The molecule has 2 aliphatic carbocycles. The molecule has 5 heteroatoms. The molecule has 0 saturated heterocycles. The molecule has 0 aliphatic heterocycles. The van der Waals surface area contributed by atoms with Gasteiger partial charge in [-0.05, 0) is 49.3 Å². The summed E-state index contributed by atoms with van der Waals surface area (Å²) < 4.78 is 1.01. The third-order valence-electron chi connectivity index (χ3n) is 4.66. The molecule has 2 bridgehead atoms. The van der Waals surface area contributed by atoms with Gasteiger partial charge in [-0.25, -0.2) is 4.98 Å². The second-order valence-electron chi connectivity index (χ2n) is 5.90. The highest BCUT2D eigenvalue weighted by atomic mass is 35.5. The second-order valence-corrected chi connectivity index (χ2v) is 7.37. The first kappa shape index (κ1) is 12.6. The van der Waals surface area contributed by atoms with Crippen LogP contribution in [0.15, 0.2) is 18.2 Å². The van der Waals surface area contributed by atoms with Gasteiger partial charge in [-0.2, -0.15) is 0 Å². The number of benzene rings is 1. The molecule has 1 aromatic heterocycles. The fourth-order valence-corrected chi connectivity index (χ4v) is 4.86. The lowest BCUT2D eigenvalue weighted by molar-refractivity contribution is -0.121. The number of anilines is 1. The van der Waals surface area contributed by atoms with Crippen LogP contribution in [-0.4, -0.2) is 10.9 Å². The third kappa shape index (κ3) is 2.11. The van der Waals surface area contributed by atoms with Gasteiger partial charge in [0.2, 0.25) is 5.91 Å². The number of carbonyl (C=O) groups is 1. The Morgan fingerprint density at radius 2 is 2.25 bits per heavy atom. The summed E-state index contributed by atoms with van der Waals surface area (Å²) in [5.41, 5.74) is 0.891. The Labute approximate surface area is 126 Å². The molecule has 1 N–H and O–H groups in total. The molecule has 0 radical (unpaired) electrons. The van der Waals surface area contributed by atoms with Crippen molar-refractivity contribution >= 4 is 44.2 Å². The van der Waals surface area contributed by atoms with Gasteiger partial charge in [0.25, 0.3) is 0 Å². The summed E-state index contributed by atoms with van der Waals surface area (Å²) in [4.78, 5) is 16.8. The van der Waals surface area contributed by atoms with Crippen molar-refractivity contribution in [2.45, 2.75) is 25.7 Å². The zero-order chi connectivity index (χ0) is 13.7. The number of thiazole rings is 1. The van der Waals surface area contributed by atoms with Crippen LogP contribution >= 0.6 is 22.9 Å². The van der Waals surface area contributed by atoms with E-state index < -0.39 is 0 Å². The van der Waals surface area contributed by atoms with Crippen molar-refractivity contribution in [3.05, 3.63) is 23.2 Å². The molecule has 3 nitrogen and oxygen atoms in total. The van der Waals surface area contributed by atoms with Crippen molar-refractivity contribution in [3.8, 4) is 0 Å². The Bertz CT molecular complexity index is 684. The van der Waals surface area contributed by atoms with Crippen molar-refractivity contribution in [3.63, 3.8) is 0 Å². The number of fused-ring (bicyclic) bond motifs is 3. The molecule has 0 unspecified atom stereocenters. The van der Waals surface area contributed by atoms with Crippen LogP contribution in [0.2, 0.25) is 5.02 Å². The average molecular weight is 307 g/mol. The number of nitrogens with zero attached hydrogens (tertiary/aromatic N) is 1. The molecule has 2 aliphatic rings. The van der Waals surface area contributed by atoms with Crippen LogP contribution in [0.4, 0.5) is 5.13 Å². The Morgan fingerprint density at radius 1 is 1.35 bits per heavy atom. The Balaban J connectivity index is 1.53. The van der Waals surface area contributed by atoms with Crippen LogP contribution in [0.25, 0.3) is 10.2 Å². The summed E-state index contributed by atoms with van der Waals surface area (Å²) in [6, 6.07) is 5.61. The molecule has 104 valence electrons. The van der Waals surface area contributed by atoms with Gasteiger partial charge in [-0.15, -0.1) is 0 Å². The van der Waals surface area contributed by atoms with Crippen LogP contribution in [0.3, 0.4) is 0 Å². The van der Waals surface area contributed by atoms with Crippen LogP contribution in [0.5, 0.6) is 0 Å². The lowest BCUT2D eigenvalue weighted by atomic mass is 9.88. The second kappa shape index (κ2) is 4.71. The molecule has 2 saturated carbocycles. The SMILES string of the molecule is O=C(Nc1nc2ccc(Cl)cc2s1)[C@H]1C[C@H]2CC[C@@H]1C2. The maximum absolute atomic E-state index is 12.4. The summed E-state index contributed by atoms with van der Waals surface area (Å²) in [6.07, 6.45) is 4.84. The summed E-state index contributed by atoms with van der Waals surface area (Å²) in [5.74, 6) is 1.74. The highest BCUT2D eigenvalue weighted by molar-refractivity contribution is 7.22. The number of hydrogen-bond donors (Lipinski definition) is 1. The molecular formula is C15H15ClN2OS. The Kier molecular flexibility index (Phi) is 2.97. The van der Waals surface area contributed by atoms with Crippen molar-refractivity contribution in [2.24, 2.45) is 17.8 Å². The summed E-state index contributed by atoms with van der Waals surface area (Å²) in [5, 5.41) is 4.39. The largest absolute Gasteiger partial charge is 0.302 e. The highest BCUT2D eigenvalue weighted by Gasteiger charge is 2.43. The molecule has 3 atom stereocenters. The smallest absolute Gasteiger partial charge is 0.229 e. The monoisotopic (exact) mass is 306 g/mol. The van der Waals surface area contributed by atoms with Crippen LogP contribution < -0.4 is 5.32 Å². The molecule has 1 heterocycles. The van der Waals surface area contributed by atoms with Crippen molar-refractivity contribution in [1.29, 1.82) is 0 Å². The van der Waals surface area contributed by atoms with E-state index in [0.717, 1.165) is 22.6 Å². The van der Waals surface area contributed by atoms with E-state index in [4.69, 9.17) is 11.6 Å². The zero-order valence-corrected chi connectivity index (χ0v) is 12.5. The van der Waals surface area contributed by atoms with Gasteiger partial charge >= 0.3 is 0 Å². The standard InChI is InChI=1S/C15H15ClN2OS/c16-10-3-4-12-13(7-10)20-15(17-12)18-14(19)11-6-8-1-2-9(11)5-8/h3-4,7-9,11H,1-2,5-6H2,(H,17,18,19)/t8-,9+,11-/m0/s1. The molecule has 2 fully saturated rings. The maximum atomic E-state index is 12.4. The van der Waals surface area contributed by atoms with E-state index in [2.05, 4.69) is 10.3 Å². The zero-order valence-electron chi connectivity index (χ0n) is 10.9. The minimum Gasteiger partial charge on any atom is -0.302 e. The Morgan fingerprint density at radius 3 is 3.00 bits per heavy atom. The molecule has 4 rings (SSSR count). The molecule has 20 heavy (non-hydrogen) atoms. The maximum Gasteiger partial charge on any atom is 0.229 e. The first-order valence-electron chi connectivity index (χ1n) is 7.06. The average Bonchev–Trinajstić information content (AvgIpc) is 3.11. The fraction of sp³-hybridized carbons (Fsp3) is 0.467. The van der Waals surface area contributed by atoms with E-state index >= 15 is 0 Å². The first-order chi connectivity index (χ1) is 9.69. The first-order valence-corrected chi connectivity index (χ1v) is 8.25. The quantitative estimate of drug-likeness (QED) is 0.897.